The molecule has 4 heterocycles. The number of rotatable bonds is 5. The first-order chi connectivity index (χ1) is 26.2. The number of fused-ring (bicyclic) bond motifs is 7. The zero-order valence-electron chi connectivity index (χ0n) is 28.0. The SMILES string of the molecule is c1ccc(-c2ccc(-c3nc4c(-c5nc(-c6ccccc6)nc(-c6cccc7oc8ccccc8c67)n5)c5c(cc4s3)sc3ccccc35)cc2)cc1. The Kier molecular flexibility index (Phi) is 6.83. The fraction of sp³-hybridized carbons (Fsp3) is 0. The van der Waals surface area contributed by atoms with Crippen LogP contribution in [0.3, 0.4) is 0 Å². The van der Waals surface area contributed by atoms with E-state index in [0.29, 0.717) is 17.5 Å². The molecule has 11 rings (SSSR count). The van der Waals surface area contributed by atoms with Crippen molar-refractivity contribution >= 4 is 75.0 Å². The molecule has 0 saturated heterocycles. The highest BCUT2D eigenvalue weighted by Crippen LogP contribution is 2.46. The molecule has 0 saturated carbocycles. The summed E-state index contributed by atoms with van der Waals surface area (Å²) in [6.45, 7) is 0. The number of hydrogen-bond donors (Lipinski definition) is 0. The summed E-state index contributed by atoms with van der Waals surface area (Å²) in [5.41, 5.74) is 8.68. The van der Waals surface area contributed by atoms with Gasteiger partial charge in [0, 0.05) is 47.6 Å². The molecular weight excluding hydrogens is 689 g/mol. The van der Waals surface area contributed by atoms with Crippen LogP contribution in [0.25, 0.3) is 108 Å². The maximum absolute atomic E-state index is 6.30. The second-order valence-electron chi connectivity index (χ2n) is 13.0. The van der Waals surface area contributed by atoms with E-state index in [0.717, 1.165) is 70.2 Å². The van der Waals surface area contributed by atoms with Gasteiger partial charge in [-0.2, -0.15) is 0 Å². The Labute approximate surface area is 311 Å². The van der Waals surface area contributed by atoms with Gasteiger partial charge in [-0.1, -0.05) is 133 Å². The molecule has 53 heavy (non-hydrogen) atoms. The smallest absolute Gasteiger partial charge is 0.167 e. The van der Waals surface area contributed by atoms with Crippen LogP contribution < -0.4 is 0 Å². The summed E-state index contributed by atoms with van der Waals surface area (Å²) < 4.78 is 9.78. The van der Waals surface area contributed by atoms with Crippen molar-refractivity contribution in [2.45, 2.75) is 0 Å². The third-order valence-corrected chi connectivity index (χ3v) is 12.0. The maximum atomic E-state index is 6.30. The van der Waals surface area contributed by atoms with E-state index in [1.807, 2.05) is 66.7 Å². The summed E-state index contributed by atoms with van der Waals surface area (Å²) in [5.74, 6) is 1.78. The van der Waals surface area contributed by atoms with Crippen LogP contribution in [-0.2, 0) is 0 Å². The minimum absolute atomic E-state index is 0.586. The zero-order chi connectivity index (χ0) is 34.9. The van der Waals surface area contributed by atoms with Crippen molar-refractivity contribution in [3.05, 3.63) is 158 Å². The van der Waals surface area contributed by atoms with Crippen molar-refractivity contribution < 1.29 is 4.42 Å². The van der Waals surface area contributed by atoms with Crippen molar-refractivity contribution in [1.29, 1.82) is 0 Å². The third-order valence-electron chi connectivity index (χ3n) is 9.80. The number of thiazole rings is 1. The highest BCUT2D eigenvalue weighted by molar-refractivity contribution is 7.27. The molecule has 7 aromatic carbocycles. The lowest BCUT2D eigenvalue weighted by Gasteiger charge is -2.11. The van der Waals surface area contributed by atoms with E-state index < -0.39 is 0 Å². The Morgan fingerprint density at radius 2 is 1.04 bits per heavy atom. The van der Waals surface area contributed by atoms with Crippen LogP contribution >= 0.6 is 22.7 Å². The molecule has 248 valence electrons. The molecule has 0 aliphatic heterocycles. The van der Waals surface area contributed by atoms with E-state index in [4.69, 9.17) is 24.4 Å². The molecular formula is C46H26N4OS2. The third kappa shape index (κ3) is 4.97. The number of nitrogens with zero attached hydrogens (tertiary/aromatic N) is 4. The Morgan fingerprint density at radius 1 is 0.396 bits per heavy atom. The first-order valence-electron chi connectivity index (χ1n) is 17.4. The first kappa shape index (κ1) is 30.1. The van der Waals surface area contributed by atoms with Crippen LogP contribution in [0.4, 0.5) is 0 Å². The quantitative estimate of drug-likeness (QED) is 0.178. The van der Waals surface area contributed by atoms with Crippen LogP contribution in [0, 0.1) is 0 Å². The van der Waals surface area contributed by atoms with Gasteiger partial charge in [0.2, 0.25) is 0 Å². The van der Waals surface area contributed by atoms with E-state index >= 15 is 0 Å². The minimum Gasteiger partial charge on any atom is -0.456 e. The predicted molar refractivity (Wildman–Crippen MR) is 220 cm³/mol. The molecule has 0 fully saturated rings. The lowest BCUT2D eigenvalue weighted by atomic mass is 10.0. The van der Waals surface area contributed by atoms with Gasteiger partial charge < -0.3 is 4.42 Å². The van der Waals surface area contributed by atoms with Gasteiger partial charge in [0.15, 0.2) is 17.5 Å². The molecule has 0 N–H and O–H groups in total. The molecule has 0 aliphatic rings. The highest BCUT2D eigenvalue weighted by Gasteiger charge is 2.24. The van der Waals surface area contributed by atoms with Gasteiger partial charge >= 0.3 is 0 Å². The molecule has 0 aliphatic carbocycles. The molecule has 4 aromatic heterocycles. The van der Waals surface area contributed by atoms with Crippen molar-refractivity contribution in [2.24, 2.45) is 0 Å². The monoisotopic (exact) mass is 714 g/mol. The summed E-state index contributed by atoms with van der Waals surface area (Å²) in [5, 5.41) is 5.24. The normalized spacial score (nSPS) is 11.8. The summed E-state index contributed by atoms with van der Waals surface area (Å²) in [6, 6.07) is 54.4. The number of para-hydroxylation sites is 1. The average molecular weight is 715 g/mol. The predicted octanol–water partition coefficient (Wildman–Crippen LogP) is 13.1. The summed E-state index contributed by atoms with van der Waals surface area (Å²) in [7, 11) is 0. The fourth-order valence-electron chi connectivity index (χ4n) is 7.33. The van der Waals surface area contributed by atoms with E-state index in [2.05, 4.69) is 91.0 Å². The first-order valence-corrected chi connectivity index (χ1v) is 19.0. The van der Waals surface area contributed by atoms with Crippen LogP contribution in [0.15, 0.2) is 162 Å². The summed E-state index contributed by atoms with van der Waals surface area (Å²) in [6.07, 6.45) is 0. The van der Waals surface area contributed by atoms with E-state index in [9.17, 15) is 0 Å². The van der Waals surface area contributed by atoms with Gasteiger partial charge in [-0.05, 0) is 35.4 Å². The van der Waals surface area contributed by atoms with Gasteiger partial charge in [-0.3, -0.25) is 0 Å². The number of thiophene rings is 1. The van der Waals surface area contributed by atoms with Gasteiger partial charge in [-0.15, -0.1) is 22.7 Å². The fourth-order valence-corrected chi connectivity index (χ4v) is 9.58. The zero-order valence-corrected chi connectivity index (χ0v) is 29.7. The van der Waals surface area contributed by atoms with Crippen LogP contribution in [0.1, 0.15) is 0 Å². The lowest BCUT2D eigenvalue weighted by Crippen LogP contribution is -2.01. The Hall–Kier alpha value is -6.54. The number of benzene rings is 7. The topological polar surface area (TPSA) is 64.7 Å². The molecule has 0 bridgehead atoms. The highest BCUT2D eigenvalue weighted by atomic mass is 32.1. The van der Waals surface area contributed by atoms with Gasteiger partial charge in [0.05, 0.1) is 15.8 Å². The van der Waals surface area contributed by atoms with Gasteiger partial charge in [-0.25, -0.2) is 19.9 Å². The molecule has 0 unspecified atom stereocenters. The Bertz CT molecular complexity index is 3160. The molecule has 0 amide bonds. The standard InChI is InChI=1S/C46H26N4OS2/c1-3-12-27(13-4-1)28-22-24-30(25-23-28)46-47-42-38(53-46)26-37-40(32-17-8-10-21-36(32)52-37)41(42)45-49-43(29-14-5-2-6-15-29)48-44(50-45)33-18-11-20-35-39(33)31-16-7-9-19-34(31)51-35/h1-26H. The summed E-state index contributed by atoms with van der Waals surface area (Å²) in [4.78, 5) is 21.2. The Morgan fingerprint density at radius 3 is 1.87 bits per heavy atom. The van der Waals surface area contributed by atoms with Crippen LogP contribution in [-0.4, -0.2) is 19.9 Å². The van der Waals surface area contributed by atoms with E-state index in [1.54, 1.807) is 22.7 Å². The second-order valence-corrected chi connectivity index (χ2v) is 15.1. The maximum Gasteiger partial charge on any atom is 0.167 e. The van der Waals surface area contributed by atoms with E-state index in [1.165, 1.54) is 20.5 Å². The minimum atomic E-state index is 0.586. The number of aromatic nitrogens is 4. The van der Waals surface area contributed by atoms with Crippen LogP contribution in [0.2, 0.25) is 0 Å². The van der Waals surface area contributed by atoms with Gasteiger partial charge in [0.25, 0.3) is 0 Å². The van der Waals surface area contributed by atoms with Crippen molar-refractivity contribution in [2.75, 3.05) is 0 Å². The second kappa shape index (κ2) is 12.0. The largest absolute Gasteiger partial charge is 0.456 e. The Balaban J connectivity index is 1.19. The van der Waals surface area contributed by atoms with Crippen molar-refractivity contribution in [3.8, 4) is 55.9 Å². The molecule has 0 atom stereocenters. The van der Waals surface area contributed by atoms with Gasteiger partial charge in [0.1, 0.15) is 16.2 Å². The molecule has 5 nitrogen and oxygen atoms in total. The summed E-state index contributed by atoms with van der Waals surface area (Å²) >= 11 is 3.49. The average Bonchev–Trinajstić information content (AvgIpc) is 3.94. The molecule has 0 spiro atoms. The molecule has 7 heteroatoms. The van der Waals surface area contributed by atoms with Crippen molar-refractivity contribution in [1.82, 2.24) is 19.9 Å². The van der Waals surface area contributed by atoms with Crippen LogP contribution in [0.5, 0.6) is 0 Å². The van der Waals surface area contributed by atoms with E-state index in [-0.39, 0.29) is 0 Å². The van der Waals surface area contributed by atoms with Crippen molar-refractivity contribution in [3.63, 3.8) is 0 Å². The lowest BCUT2D eigenvalue weighted by molar-refractivity contribution is 0.669. The molecule has 0 radical (unpaired) electrons. The number of furan rings is 1. The molecule has 11 aromatic rings. The number of hydrogen-bond acceptors (Lipinski definition) is 7.